The van der Waals surface area contributed by atoms with Gasteiger partial charge in [0.05, 0.1) is 0 Å². The van der Waals surface area contributed by atoms with Gasteiger partial charge in [0.2, 0.25) is 5.91 Å². The lowest BCUT2D eigenvalue weighted by atomic mass is 9.75. The summed E-state index contributed by atoms with van der Waals surface area (Å²) in [5.41, 5.74) is -0.280. The van der Waals surface area contributed by atoms with Crippen LogP contribution in [0, 0.1) is 5.92 Å². The summed E-state index contributed by atoms with van der Waals surface area (Å²) in [6.45, 7) is 5.73. The Morgan fingerprint density at radius 1 is 1.43 bits per heavy atom. The topological polar surface area (TPSA) is 53.2 Å². The third-order valence-corrected chi connectivity index (χ3v) is 3.53. The number of nitrogens with one attached hydrogen (secondary N) is 3. The second-order valence-corrected chi connectivity index (χ2v) is 4.21. The molecule has 80 valence electrons. The fraction of sp³-hybridized carbons (Fsp3) is 0.900. The van der Waals surface area contributed by atoms with Crippen molar-refractivity contribution in [2.75, 3.05) is 26.2 Å². The van der Waals surface area contributed by atoms with E-state index < -0.39 is 0 Å². The Labute approximate surface area is 84.8 Å². The van der Waals surface area contributed by atoms with Crippen molar-refractivity contribution in [2.45, 2.75) is 25.3 Å². The lowest BCUT2D eigenvalue weighted by Gasteiger charge is -2.45. The fourth-order valence-electron chi connectivity index (χ4n) is 2.66. The summed E-state index contributed by atoms with van der Waals surface area (Å²) in [5.74, 6) is 0.633. The summed E-state index contributed by atoms with van der Waals surface area (Å²) >= 11 is 0. The fourth-order valence-corrected chi connectivity index (χ4v) is 2.66. The Balaban J connectivity index is 2.19. The standard InChI is InChI=1S/C10H19N3O/c1-2-8-7-11-4-3-10(8)9(14)12-5-6-13-10/h8,11,13H,2-7H2,1H3,(H,12,14). The molecule has 4 nitrogen and oxygen atoms in total. The van der Waals surface area contributed by atoms with E-state index in [-0.39, 0.29) is 11.4 Å². The van der Waals surface area contributed by atoms with E-state index in [9.17, 15) is 4.79 Å². The number of hydrogen-bond acceptors (Lipinski definition) is 3. The molecule has 0 saturated carbocycles. The van der Waals surface area contributed by atoms with Gasteiger partial charge >= 0.3 is 0 Å². The number of carbonyl (C=O) groups excluding carboxylic acids is 1. The summed E-state index contributed by atoms with van der Waals surface area (Å²) in [6, 6.07) is 0. The maximum absolute atomic E-state index is 11.9. The Bertz CT molecular complexity index is 225. The molecular weight excluding hydrogens is 178 g/mol. The van der Waals surface area contributed by atoms with E-state index in [1.165, 1.54) is 0 Å². The van der Waals surface area contributed by atoms with Crippen molar-refractivity contribution < 1.29 is 4.79 Å². The Morgan fingerprint density at radius 3 is 3.00 bits per heavy atom. The molecule has 2 heterocycles. The third kappa shape index (κ3) is 1.42. The van der Waals surface area contributed by atoms with Gasteiger partial charge in [-0.3, -0.25) is 4.79 Å². The van der Waals surface area contributed by atoms with Crippen LogP contribution in [0.3, 0.4) is 0 Å². The molecule has 2 saturated heterocycles. The molecule has 14 heavy (non-hydrogen) atoms. The van der Waals surface area contributed by atoms with E-state index in [2.05, 4.69) is 22.9 Å². The summed E-state index contributed by atoms with van der Waals surface area (Å²) < 4.78 is 0. The molecule has 0 aromatic rings. The Morgan fingerprint density at radius 2 is 2.29 bits per heavy atom. The average Bonchev–Trinajstić information content (AvgIpc) is 2.23. The van der Waals surface area contributed by atoms with Crippen molar-refractivity contribution in [1.29, 1.82) is 0 Å². The Kier molecular flexibility index (Phi) is 2.74. The van der Waals surface area contributed by atoms with Gasteiger partial charge in [-0.15, -0.1) is 0 Å². The second kappa shape index (κ2) is 3.87. The number of carbonyl (C=O) groups is 1. The molecule has 3 N–H and O–H groups in total. The minimum Gasteiger partial charge on any atom is -0.353 e. The van der Waals surface area contributed by atoms with Crippen LogP contribution >= 0.6 is 0 Å². The summed E-state index contributed by atoms with van der Waals surface area (Å²) in [5, 5.41) is 9.77. The van der Waals surface area contributed by atoms with Crippen LogP contribution in [-0.4, -0.2) is 37.6 Å². The molecule has 2 aliphatic heterocycles. The molecule has 4 heteroatoms. The average molecular weight is 197 g/mol. The molecule has 2 unspecified atom stereocenters. The van der Waals surface area contributed by atoms with Crippen LogP contribution < -0.4 is 16.0 Å². The lowest BCUT2D eigenvalue weighted by Crippen LogP contribution is -2.70. The molecule has 0 aromatic heterocycles. The van der Waals surface area contributed by atoms with Gasteiger partial charge in [-0.05, 0) is 25.3 Å². The predicted molar refractivity (Wildman–Crippen MR) is 55.0 cm³/mol. The number of amides is 1. The zero-order chi connectivity index (χ0) is 10.0. The zero-order valence-electron chi connectivity index (χ0n) is 8.73. The van der Waals surface area contributed by atoms with E-state index in [1.807, 2.05) is 0 Å². The van der Waals surface area contributed by atoms with Gasteiger partial charge in [0.25, 0.3) is 0 Å². The lowest BCUT2D eigenvalue weighted by molar-refractivity contribution is -0.133. The van der Waals surface area contributed by atoms with E-state index in [0.717, 1.165) is 39.0 Å². The van der Waals surface area contributed by atoms with E-state index in [0.29, 0.717) is 5.92 Å². The highest BCUT2D eigenvalue weighted by Crippen LogP contribution is 2.28. The SMILES string of the molecule is CCC1CNCCC12NCCNC2=O. The Hall–Kier alpha value is -0.610. The highest BCUT2D eigenvalue weighted by molar-refractivity contribution is 5.87. The molecule has 2 fully saturated rings. The number of hydrogen-bond donors (Lipinski definition) is 3. The first-order valence-corrected chi connectivity index (χ1v) is 5.53. The molecule has 1 amide bonds. The number of rotatable bonds is 1. The molecule has 0 radical (unpaired) electrons. The molecule has 2 rings (SSSR count). The van der Waals surface area contributed by atoms with Crippen molar-refractivity contribution in [3.05, 3.63) is 0 Å². The number of piperazine rings is 1. The van der Waals surface area contributed by atoms with Crippen LogP contribution in [0.15, 0.2) is 0 Å². The minimum absolute atomic E-state index is 0.206. The number of piperidine rings is 1. The predicted octanol–water partition coefficient (Wildman–Crippen LogP) is -0.536. The first-order chi connectivity index (χ1) is 6.79. The van der Waals surface area contributed by atoms with E-state index in [4.69, 9.17) is 0 Å². The van der Waals surface area contributed by atoms with E-state index in [1.54, 1.807) is 0 Å². The maximum Gasteiger partial charge on any atom is 0.240 e. The quantitative estimate of drug-likeness (QED) is 0.529. The van der Waals surface area contributed by atoms with Crippen LogP contribution in [0.1, 0.15) is 19.8 Å². The van der Waals surface area contributed by atoms with Crippen LogP contribution in [0.2, 0.25) is 0 Å². The van der Waals surface area contributed by atoms with Gasteiger partial charge in [0.1, 0.15) is 5.54 Å². The molecule has 0 bridgehead atoms. The van der Waals surface area contributed by atoms with E-state index >= 15 is 0 Å². The maximum atomic E-state index is 11.9. The van der Waals surface area contributed by atoms with Gasteiger partial charge in [0.15, 0.2) is 0 Å². The monoisotopic (exact) mass is 197 g/mol. The minimum atomic E-state index is -0.280. The second-order valence-electron chi connectivity index (χ2n) is 4.21. The van der Waals surface area contributed by atoms with Crippen LogP contribution in [0.4, 0.5) is 0 Å². The van der Waals surface area contributed by atoms with Crippen molar-refractivity contribution >= 4 is 5.91 Å². The molecule has 0 aromatic carbocycles. The summed E-state index contributed by atoms with van der Waals surface area (Å²) in [6.07, 6.45) is 1.96. The van der Waals surface area contributed by atoms with Gasteiger partial charge in [-0.1, -0.05) is 6.92 Å². The molecule has 2 atom stereocenters. The van der Waals surface area contributed by atoms with Gasteiger partial charge < -0.3 is 16.0 Å². The first-order valence-electron chi connectivity index (χ1n) is 5.53. The van der Waals surface area contributed by atoms with Crippen LogP contribution in [0.5, 0.6) is 0 Å². The van der Waals surface area contributed by atoms with Crippen molar-refractivity contribution in [3.8, 4) is 0 Å². The van der Waals surface area contributed by atoms with Crippen molar-refractivity contribution in [3.63, 3.8) is 0 Å². The van der Waals surface area contributed by atoms with Gasteiger partial charge in [0, 0.05) is 19.6 Å². The summed E-state index contributed by atoms with van der Waals surface area (Å²) in [4.78, 5) is 11.9. The normalized spacial score (nSPS) is 38.4. The smallest absolute Gasteiger partial charge is 0.240 e. The third-order valence-electron chi connectivity index (χ3n) is 3.53. The van der Waals surface area contributed by atoms with Gasteiger partial charge in [-0.2, -0.15) is 0 Å². The molecule has 1 spiro atoms. The van der Waals surface area contributed by atoms with Gasteiger partial charge in [-0.25, -0.2) is 0 Å². The van der Waals surface area contributed by atoms with Crippen molar-refractivity contribution in [2.24, 2.45) is 5.92 Å². The first kappa shape index (κ1) is 9.93. The zero-order valence-corrected chi connectivity index (χ0v) is 8.73. The summed E-state index contributed by atoms with van der Waals surface area (Å²) in [7, 11) is 0. The molecule has 0 aliphatic carbocycles. The molecular formula is C10H19N3O. The van der Waals surface area contributed by atoms with Crippen LogP contribution in [0.25, 0.3) is 0 Å². The molecule has 2 aliphatic rings. The highest BCUT2D eigenvalue weighted by Gasteiger charge is 2.46. The largest absolute Gasteiger partial charge is 0.353 e. The highest BCUT2D eigenvalue weighted by atomic mass is 16.2. The van der Waals surface area contributed by atoms with Crippen LogP contribution in [-0.2, 0) is 4.79 Å². The van der Waals surface area contributed by atoms with Crippen molar-refractivity contribution in [1.82, 2.24) is 16.0 Å².